The third-order valence-electron chi connectivity index (χ3n) is 1.96. The van der Waals surface area contributed by atoms with Gasteiger partial charge >= 0.3 is 0 Å². The Labute approximate surface area is 136 Å². The molecule has 0 heterocycles. The highest BCUT2D eigenvalue weighted by Gasteiger charge is 2.26. The summed E-state index contributed by atoms with van der Waals surface area (Å²) in [5.41, 5.74) is 1.50. The molecule has 0 radical (unpaired) electrons. The predicted octanol–water partition coefficient (Wildman–Crippen LogP) is 3.30. The van der Waals surface area contributed by atoms with Gasteiger partial charge in [-0.15, -0.1) is 0 Å². The standard InChI is InChI=1S/C8H18N2O.C7H14O.CH6N2/c1-7(2,3)6-8(4,11)10-9-5;1-6(8)5-7(2,3)4;1-3-2/h11H,6H2,1-5H3;5H2,1-4H3;3H,2H2,1H3/b10-9+;;. The second kappa shape index (κ2) is 11.7. The number of nitrogens with one attached hydrogen (secondary N) is 1. The third kappa shape index (κ3) is 31.5. The Morgan fingerprint density at radius 3 is 1.59 bits per heavy atom. The van der Waals surface area contributed by atoms with E-state index in [0.717, 1.165) is 0 Å². The summed E-state index contributed by atoms with van der Waals surface area (Å²) in [5.74, 6) is 4.87. The Morgan fingerprint density at radius 1 is 1.09 bits per heavy atom. The molecule has 134 valence electrons. The smallest absolute Gasteiger partial charge is 0.173 e. The lowest BCUT2D eigenvalue weighted by Gasteiger charge is -2.26. The van der Waals surface area contributed by atoms with Gasteiger partial charge in [0.15, 0.2) is 5.72 Å². The van der Waals surface area contributed by atoms with Crippen molar-refractivity contribution in [2.24, 2.45) is 26.9 Å². The van der Waals surface area contributed by atoms with Gasteiger partial charge in [-0.2, -0.15) is 10.2 Å². The number of carbonyl (C=O) groups is 1. The van der Waals surface area contributed by atoms with Crippen LogP contribution in [0.2, 0.25) is 0 Å². The number of azo groups is 1. The van der Waals surface area contributed by atoms with Crippen LogP contribution >= 0.6 is 0 Å². The molecule has 0 bridgehead atoms. The van der Waals surface area contributed by atoms with Crippen molar-refractivity contribution >= 4 is 5.78 Å². The summed E-state index contributed by atoms with van der Waals surface area (Å²) in [6, 6.07) is 0. The number of nitrogens with two attached hydrogens (primary N) is 1. The van der Waals surface area contributed by atoms with Crippen LogP contribution in [0.1, 0.15) is 68.2 Å². The molecule has 0 aliphatic rings. The van der Waals surface area contributed by atoms with Crippen molar-refractivity contribution in [3.05, 3.63) is 0 Å². The maximum Gasteiger partial charge on any atom is 0.173 e. The number of hydrogen-bond donors (Lipinski definition) is 3. The number of aliphatic hydroxyl groups is 1. The number of carbonyl (C=O) groups excluding carboxylic acids is 1. The van der Waals surface area contributed by atoms with Crippen molar-refractivity contribution < 1.29 is 9.90 Å². The van der Waals surface area contributed by atoms with E-state index in [9.17, 15) is 9.90 Å². The molecular formula is C16H38N4O2. The van der Waals surface area contributed by atoms with E-state index < -0.39 is 5.72 Å². The second-order valence-corrected chi connectivity index (χ2v) is 7.98. The van der Waals surface area contributed by atoms with Crippen LogP contribution in [0.3, 0.4) is 0 Å². The Morgan fingerprint density at radius 2 is 1.45 bits per heavy atom. The highest BCUT2D eigenvalue weighted by molar-refractivity contribution is 5.76. The normalized spacial score (nSPS) is 14.4. The fourth-order valence-corrected chi connectivity index (χ4v) is 2.00. The van der Waals surface area contributed by atoms with E-state index in [-0.39, 0.29) is 16.6 Å². The molecule has 0 aromatic heterocycles. The molecule has 1 unspecified atom stereocenters. The van der Waals surface area contributed by atoms with E-state index in [2.05, 4.69) is 63.0 Å². The van der Waals surface area contributed by atoms with Crippen molar-refractivity contribution in [3.8, 4) is 0 Å². The SMILES string of the molecule is C/N=N/C(C)(O)CC(C)(C)C.CC(=O)CC(C)(C)C.CNN. The number of nitrogens with zero attached hydrogens (tertiary/aromatic N) is 2. The summed E-state index contributed by atoms with van der Waals surface area (Å²) in [6.07, 6.45) is 1.31. The maximum atomic E-state index is 10.5. The van der Waals surface area contributed by atoms with Crippen LogP contribution in [0.4, 0.5) is 0 Å². The van der Waals surface area contributed by atoms with E-state index in [1.54, 1.807) is 27.9 Å². The minimum absolute atomic E-state index is 0.0810. The van der Waals surface area contributed by atoms with E-state index >= 15 is 0 Å². The highest BCUT2D eigenvalue weighted by Crippen LogP contribution is 2.27. The Balaban J connectivity index is -0.000000288. The van der Waals surface area contributed by atoms with Crippen LogP contribution in [0.5, 0.6) is 0 Å². The Kier molecular flexibility index (Phi) is 13.8. The Bertz CT molecular complexity index is 313. The summed E-state index contributed by atoms with van der Waals surface area (Å²) in [6.45, 7) is 15.7. The van der Waals surface area contributed by atoms with Crippen molar-refractivity contribution in [1.29, 1.82) is 0 Å². The van der Waals surface area contributed by atoms with Crippen LogP contribution < -0.4 is 11.3 Å². The van der Waals surface area contributed by atoms with Crippen LogP contribution in [0, 0.1) is 10.8 Å². The van der Waals surface area contributed by atoms with Gasteiger partial charge in [0.1, 0.15) is 5.78 Å². The average Bonchev–Trinajstić information content (AvgIpc) is 2.09. The molecule has 1 atom stereocenters. The zero-order valence-corrected chi connectivity index (χ0v) is 16.2. The number of hydrazine groups is 1. The van der Waals surface area contributed by atoms with Gasteiger partial charge in [-0.3, -0.25) is 11.3 Å². The molecule has 0 aliphatic carbocycles. The summed E-state index contributed by atoms with van der Waals surface area (Å²) >= 11 is 0. The zero-order chi connectivity index (χ0) is 18.6. The van der Waals surface area contributed by atoms with E-state index in [4.69, 9.17) is 0 Å². The van der Waals surface area contributed by atoms with Gasteiger partial charge in [0, 0.05) is 19.9 Å². The van der Waals surface area contributed by atoms with E-state index in [0.29, 0.717) is 12.8 Å². The minimum atomic E-state index is -1.01. The van der Waals surface area contributed by atoms with Crippen molar-refractivity contribution in [2.45, 2.75) is 74.0 Å². The van der Waals surface area contributed by atoms with Crippen molar-refractivity contribution in [2.75, 3.05) is 14.1 Å². The van der Waals surface area contributed by atoms with Crippen LogP contribution in [-0.4, -0.2) is 30.7 Å². The molecule has 0 spiro atoms. The van der Waals surface area contributed by atoms with Crippen LogP contribution in [0.15, 0.2) is 10.2 Å². The largest absolute Gasteiger partial charge is 0.368 e. The van der Waals surface area contributed by atoms with Gasteiger partial charge in [0.25, 0.3) is 0 Å². The van der Waals surface area contributed by atoms with Gasteiger partial charge in [0.05, 0.1) is 0 Å². The molecule has 0 rings (SSSR count). The first-order valence-electron chi connectivity index (χ1n) is 7.50. The van der Waals surface area contributed by atoms with E-state index in [1.807, 2.05) is 0 Å². The van der Waals surface area contributed by atoms with Gasteiger partial charge in [-0.25, -0.2) is 0 Å². The molecule has 6 heteroatoms. The first-order chi connectivity index (χ1) is 9.60. The lowest BCUT2D eigenvalue weighted by atomic mass is 9.87. The molecule has 6 nitrogen and oxygen atoms in total. The first-order valence-corrected chi connectivity index (χ1v) is 7.50. The molecule has 0 saturated heterocycles. The number of hydrogen-bond acceptors (Lipinski definition) is 6. The summed E-state index contributed by atoms with van der Waals surface area (Å²) in [7, 11) is 3.22. The number of rotatable bonds is 3. The summed E-state index contributed by atoms with van der Waals surface area (Å²) in [4.78, 5) is 10.5. The lowest BCUT2D eigenvalue weighted by Crippen LogP contribution is -2.27. The molecular weight excluding hydrogens is 280 g/mol. The van der Waals surface area contributed by atoms with E-state index in [1.165, 1.54) is 0 Å². The molecule has 0 saturated carbocycles. The predicted molar refractivity (Wildman–Crippen MR) is 93.5 cm³/mol. The molecule has 0 fully saturated rings. The van der Waals surface area contributed by atoms with Crippen molar-refractivity contribution in [3.63, 3.8) is 0 Å². The van der Waals surface area contributed by atoms with Gasteiger partial charge < -0.3 is 9.90 Å². The number of Topliss-reactive ketones (excluding diaryl/α,β-unsaturated/α-hetero) is 1. The van der Waals surface area contributed by atoms with Gasteiger partial charge in [-0.1, -0.05) is 41.5 Å². The summed E-state index contributed by atoms with van der Waals surface area (Å²) < 4.78 is 0. The second-order valence-electron chi connectivity index (χ2n) is 7.98. The van der Waals surface area contributed by atoms with Gasteiger partial charge in [0.2, 0.25) is 0 Å². The molecule has 0 aromatic carbocycles. The minimum Gasteiger partial charge on any atom is -0.368 e. The first kappa shape index (κ1) is 26.1. The summed E-state index contributed by atoms with van der Waals surface area (Å²) in [5, 5.41) is 16.9. The lowest BCUT2D eigenvalue weighted by molar-refractivity contribution is -0.118. The quantitative estimate of drug-likeness (QED) is 0.422. The molecule has 0 amide bonds. The fourth-order valence-electron chi connectivity index (χ4n) is 2.00. The molecule has 22 heavy (non-hydrogen) atoms. The topological polar surface area (TPSA) is 100 Å². The monoisotopic (exact) mass is 318 g/mol. The fraction of sp³-hybridized carbons (Fsp3) is 0.938. The van der Waals surface area contributed by atoms with Crippen LogP contribution in [-0.2, 0) is 4.79 Å². The third-order valence-corrected chi connectivity index (χ3v) is 1.96. The Hall–Kier alpha value is -0.850. The molecule has 0 aliphatic heterocycles. The van der Waals surface area contributed by atoms with Crippen molar-refractivity contribution in [1.82, 2.24) is 5.43 Å². The number of ketones is 1. The maximum absolute atomic E-state index is 10.5. The molecule has 4 N–H and O–H groups in total. The van der Waals surface area contributed by atoms with Gasteiger partial charge in [-0.05, 0) is 31.7 Å². The van der Waals surface area contributed by atoms with Crippen LogP contribution in [0.25, 0.3) is 0 Å². The zero-order valence-electron chi connectivity index (χ0n) is 16.2. The highest BCUT2D eigenvalue weighted by atomic mass is 16.3. The average molecular weight is 319 g/mol. The molecule has 0 aromatic rings.